The van der Waals surface area contributed by atoms with E-state index in [-0.39, 0.29) is 11.7 Å². The molecule has 0 radical (unpaired) electrons. The predicted molar refractivity (Wildman–Crippen MR) is 94.7 cm³/mol. The maximum Gasteiger partial charge on any atom is 0.244 e. The van der Waals surface area contributed by atoms with Gasteiger partial charge in [-0.05, 0) is 30.3 Å². The first-order valence-corrected chi connectivity index (χ1v) is 8.19. The van der Waals surface area contributed by atoms with Gasteiger partial charge in [-0.15, -0.1) is 0 Å². The molecular weight excluding hydrogens is 372 g/mol. The number of aryl methyl sites for hydroxylation is 1. The SMILES string of the molecule is O=C(CC[n+]1c[nH]c2ccccc21)N/N=C/c1cc(Br)ccc1O. The number of nitrogens with zero attached hydrogens (tertiary/aromatic N) is 2. The number of benzene rings is 2. The zero-order valence-corrected chi connectivity index (χ0v) is 14.3. The van der Waals surface area contributed by atoms with Crippen LogP contribution in [0.2, 0.25) is 0 Å². The van der Waals surface area contributed by atoms with E-state index in [9.17, 15) is 9.90 Å². The summed E-state index contributed by atoms with van der Waals surface area (Å²) in [6.45, 7) is 0.549. The van der Waals surface area contributed by atoms with Gasteiger partial charge < -0.3 is 5.11 Å². The summed E-state index contributed by atoms with van der Waals surface area (Å²) in [5.41, 5.74) is 5.07. The minimum atomic E-state index is -0.196. The molecule has 0 saturated heterocycles. The number of H-pyrrole nitrogens is 1. The number of halogens is 1. The molecule has 1 amide bonds. The summed E-state index contributed by atoms with van der Waals surface area (Å²) < 4.78 is 2.81. The molecule has 1 aromatic heterocycles. The second-order valence-corrected chi connectivity index (χ2v) is 6.15. The highest BCUT2D eigenvalue weighted by molar-refractivity contribution is 9.10. The number of imidazole rings is 1. The molecule has 0 aliphatic rings. The molecule has 3 rings (SSSR count). The normalized spacial score (nSPS) is 11.2. The van der Waals surface area contributed by atoms with Crippen LogP contribution in [0.3, 0.4) is 0 Å². The molecule has 122 valence electrons. The summed E-state index contributed by atoms with van der Waals surface area (Å²) in [6.07, 6.45) is 3.56. The summed E-state index contributed by atoms with van der Waals surface area (Å²) in [4.78, 5) is 15.1. The number of phenolic OH excluding ortho intramolecular Hbond substituents is 1. The van der Waals surface area contributed by atoms with Crippen LogP contribution in [-0.2, 0) is 11.3 Å². The van der Waals surface area contributed by atoms with Crippen molar-refractivity contribution in [3.05, 3.63) is 58.8 Å². The largest absolute Gasteiger partial charge is 0.507 e. The first-order chi connectivity index (χ1) is 11.6. The fraction of sp³-hybridized carbons (Fsp3) is 0.118. The lowest BCUT2D eigenvalue weighted by Gasteiger charge is -2.01. The number of hydrogen-bond donors (Lipinski definition) is 3. The van der Waals surface area contributed by atoms with E-state index in [0.29, 0.717) is 18.5 Å². The van der Waals surface area contributed by atoms with Crippen molar-refractivity contribution in [3.63, 3.8) is 0 Å². The van der Waals surface area contributed by atoms with Gasteiger partial charge in [0, 0.05) is 10.0 Å². The Hall–Kier alpha value is -2.67. The number of nitrogens with one attached hydrogen (secondary N) is 2. The molecule has 0 atom stereocenters. The van der Waals surface area contributed by atoms with Crippen molar-refractivity contribution in [3.8, 4) is 5.75 Å². The molecular formula is C17H16BrN4O2+. The van der Waals surface area contributed by atoms with Gasteiger partial charge in [0.2, 0.25) is 12.2 Å². The number of rotatable bonds is 5. The number of phenols is 1. The molecule has 0 aliphatic carbocycles. The lowest BCUT2D eigenvalue weighted by Crippen LogP contribution is -2.34. The molecule has 24 heavy (non-hydrogen) atoms. The topological polar surface area (TPSA) is 81.4 Å². The van der Waals surface area contributed by atoms with Crippen LogP contribution >= 0.6 is 15.9 Å². The maximum atomic E-state index is 11.9. The number of amides is 1. The fourth-order valence-electron chi connectivity index (χ4n) is 2.33. The van der Waals surface area contributed by atoms with E-state index in [1.807, 2.05) is 35.2 Å². The minimum Gasteiger partial charge on any atom is -0.507 e. The third-order valence-corrected chi connectivity index (χ3v) is 4.04. The monoisotopic (exact) mass is 387 g/mol. The number of hydrazone groups is 1. The molecule has 0 unspecified atom stereocenters. The predicted octanol–water partition coefficient (Wildman–Crippen LogP) is 2.46. The van der Waals surface area contributed by atoms with E-state index in [2.05, 4.69) is 31.4 Å². The number of para-hydroxylation sites is 2. The van der Waals surface area contributed by atoms with Crippen LogP contribution in [-0.4, -0.2) is 22.2 Å². The van der Waals surface area contributed by atoms with Gasteiger partial charge in [0.25, 0.3) is 0 Å². The number of aromatic amines is 1. The summed E-state index contributed by atoms with van der Waals surface area (Å²) in [5.74, 6) is -0.0935. The van der Waals surface area contributed by atoms with Gasteiger partial charge in [0.05, 0.1) is 19.2 Å². The molecule has 0 aliphatic heterocycles. The summed E-state index contributed by atoms with van der Waals surface area (Å²) >= 11 is 3.32. The number of aromatic hydroxyl groups is 1. The molecule has 6 nitrogen and oxygen atoms in total. The Bertz CT molecular complexity index is 904. The van der Waals surface area contributed by atoms with Crippen LogP contribution in [0.15, 0.2) is 58.4 Å². The van der Waals surface area contributed by atoms with E-state index in [1.54, 1.807) is 18.2 Å². The van der Waals surface area contributed by atoms with E-state index >= 15 is 0 Å². The summed E-state index contributed by atoms with van der Waals surface area (Å²) in [5, 5.41) is 13.6. The Morgan fingerprint density at radius 2 is 2.17 bits per heavy atom. The average molecular weight is 388 g/mol. The van der Waals surface area contributed by atoms with Gasteiger partial charge >= 0.3 is 0 Å². The quantitative estimate of drug-likeness (QED) is 0.357. The lowest BCUT2D eigenvalue weighted by atomic mass is 10.2. The zero-order valence-electron chi connectivity index (χ0n) is 12.7. The van der Waals surface area contributed by atoms with Crippen LogP contribution in [0.4, 0.5) is 0 Å². The highest BCUT2D eigenvalue weighted by Crippen LogP contribution is 2.19. The fourth-order valence-corrected chi connectivity index (χ4v) is 2.71. The van der Waals surface area contributed by atoms with Crippen molar-refractivity contribution >= 4 is 39.1 Å². The standard InChI is InChI=1S/C17H15BrN4O2/c18-13-5-6-16(23)12(9-13)10-20-21-17(24)7-8-22-11-19-14-3-1-2-4-15(14)22/h1-6,9-11H,7-8H2,(H2,20,21,23,24)/p+1. The van der Waals surface area contributed by atoms with Gasteiger partial charge in [-0.25, -0.2) is 15.0 Å². The first-order valence-electron chi connectivity index (χ1n) is 7.39. The summed E-state index contributed by atoms with van der Waals surface area (Å²) in [7, 11) is 0. The van der Waals surface area contributed by atoms with E-state index in [0.717, 1.165) is 15.5 Å². The molecule has 0 saturated carbocycles. The number of hydrogen-bond acceptors (Lipinski definition) is 3. The minimum absolute atomic E-state index is 0.102. The van der Waals surface area contributed by atoms with Crippen LogP contribution in [0, 0.1) is 0 Å². The maximum absolute atomic E-state index is 11.9. The van der Waals surface area contributed by atoms with Crippen LogP contribution < -0.4 is 9.99 Å². The van der Waals surface area contributed by atoms with Gasteiger partial charge in [0.15, 0.2) is 11.0 Å². The Labute approximate surface area is 147 Å². The van der Waals surface area contributed by atoms with E-state index in [4.69, 9.17) is 0 Å². The van der Waals surface area contributed by atoms with Crippen molar-refractivity contribution in [2.75, 3.05) is 0 Å². The lowest BCUT2D eigenvalue weighted by molar-refractivity contribution is -0.670. The zero-order chi connectivity index (χ0) is 16.9. The van der Waals surface area contributed by atoms with Crippen LogP contribution in [0.25, 0.3) is 11.0 Å². The molecule has 3 aromatic rings. The summed E-state index contributed by atoms with van der Waals surface area (Å²) in [6, 6.07) is 12.9. The molecule has 2 aromatic carbocycles. The Balaban J connectivity index is 1.56. The highest BCUT2D eigenvalue weighted by atomic mass is 79.9. The van der Waals surface area contributed by atoms with Crippen molar-refractivity contribution in [2.24, 2.45) is 5.10 Å². The first kappa shape index (κ1) is 16.2. The third-order valence-electron chi connectivity index (χ3n) is 3.55. The van der Waals surface area contributed by atoms with E-state index in [1.165, 1.54) is 6.21 Å². The number of fused-ring (bicyclic) bond motifs is 1. The average Bonchev–Trinajstić information content (AvgIpc) is 2.99. The van der Waals surface area contributed by atoms with Crippen molar-refractivity contribution in [1.29, 1.82) is 0 Å². The van der Waals surface area contributed by atoms with Gasteiger partial charge in [-0.2, -0.15) is 5.10 Å². The highest BCUT2D eigenvalue weighted by Gasteiger charge is 2.10. The second kappa shape index (κ2) is 7.27. The Morgan fingerprint density at radius 1 is 1.33 bits per heavy atom. The molecule has 0 spiro atoms. The third kappa shape index (κ3) is 3.80. The van der Waals surface area contributed by atoms with Gasteiger partial charge in [0.1, 0.15) is 5.75 Å². The molecule has 3 N–H and O–H groups in total. The Morgan fingerprint density at radius 3 is 3.04 bits per heavy atom. The number of carbonyl (C=O) groups is 1. The smallest absolute Gasteiger partial charge is 0.244 e. The van der Waals surface area contributed by atoms with Crippen molar-refractivity contribution in [1.82, 2.24) is 10.4 Å². The van der Waals surface area contributed by atoms with E-state index < -0.39 is 0 Å². The van der Waals surface area contributed by atoms with Gasteiger partial charge in [-0.1, -0.05) is 28.1 Å². The van der Waals surface area contributed by atoms with Crippen molar-refractivity contribution in [2.45, 2.75) is 13.0 Å². The number of aromatic nitrogens is 2. The van der Waals surface area contributed by atoms with Gasteiger partial charge in [-0.3, -0.25) is 4.79 Å². The van der Waals surface area contributed by atoms with Crippen molar-refractivity contribution < 1.29 is 14.5 Å². The second-order valence-electron chi connectivity index (χ2n) is 5.23. The molecule has 1 heterocycles. The Kier molecular flexibility index (Phi) is 4.90. The molecule has 0 fully saturated rings. The number of carbonyl (C=O) groups excluding carboxylic acids is 1. The molecule has 0 bridgehead atoms. The molecule has 7 heteroatoms. The van der Waals surface area contributed by atoms with Crippen LogP contribution in [0.1, 0.15) is 12.0 Å². The van der Waals surface area contributed by atoms with Crippen LogP contribution in [0.5, 0.6) is 5.75 Å².